The molecule has 0 saturated heterocycles. The van der Waals surface area contributed by atoms with Crippen molar-refractivity contribution in [3.63, 3.8) is 0 Å². The van der Waals surface area contributed by atoms with Gasteiger partial charge in [-0.2, -0.15) is 4.37 Å². The second kappa shape index (κ2) is 5.06. The van der Waals surface area contributed by atoms with E-state index in [1.54, 1.807) is 6.92 Å². The van der Waals surface area contributed by atoms with Crippen LogP contribution >= 0.6 is 11.5 Å². The summed E-state index contributed by atoms with van der Waals surface area (Å²) in [6, 6.07) is 2.97. The number of nitrogens with zero attached hydrogens (tertiary/aromatic N) is 2. The molecule has 0 fully saturated rings. The van der Waals surface area contributed by atoms with E-state index in [0.717, 1.165) is 29.7 Å². The molecular weight excluding hydrogens is 306 g/mol. The van der Waals surface area contributed by atoms with Crippen molar-refractivity contribution >= 4 is 32.7 Å². The summed E-state index contributed by atoms with van der Waals surface area (Å²) in [5.41, 5.74) is -0.499. The lowest BCUT2D eigenvalue weighted by atomic mass is 10.2. The van der Waals surface area contributed by atoms with E-state index in [0.29, 0.717) is 5.82 Å². The summed E-state index contributed by atoms with van der Waals surface area (Å²) < 4.78 is 30.1. The number of hydrogen-bond acceptors (Lipinski definition) is 7. The van der Waals surface area contributed by atoms with Crippen LogP contribution in [0.15, 0.2) is 23.1 Å². The molecule has 0 bridgehead atoms. The van der Waals surface area contributed by atoms with Gasteiger partial charge in [-0.25, -0.2) is 18.2 Å². The molecular formula is C10H9N3O5S2. The van der Waals surface area contributed by atoms with Gasteiger partial charge in [-0.05, 0) is 25.1 Å². The largest absolute Gasteiger partial charge is 0.507 e. The molecule has 0 atom stereocenters. The van der Waals surface area contributed by atoms with Crippen molar-refractivity contribution in [2.45, 2.75) is 11.8 Å². The van der Waals surface area contributed by atoms with Crippen LogP contribution in [0.5, 0.6) is 5.75 Å². The number of aryl methyl sites for hydroxylation is 1. The molecule has 3 N–H and O–H groups in total. The van der Waals surface area contributed by atoms with Crippen LogP contribution in [0.2, 0.25) is 0 Å². The lowest BCUT2D eigenvalue weighted by molar-refractivity contribution is 0.0693. The zero-order valence-corrected chi connectivity index (χ0v) is 11.7. The van der Waals surface area contributed by atoms with Crippen LogP contribution < -0.4 is 4.72 Å². The quantitative estimate of drug-likeness (QED) is 0.768. The Morgan fingerprint density at radius 1 is 1.40 bits per heavy atom. The molecule has 2 rings (SSSR count). The maximum atomic E-state index is 12.1. The molecule has 10 heteroatoms. The summed E-state index contributed by atoms with van der Waals surface area (Å²) in [4.78, 5) is 14.4. The van der Waals surface area contributed by atoms with E-state index in [1.165, 1.54) is 0 Å². The number of aromatic hydroxyl groups is 1. The van der Waals surface area contributed by atoms with Gasteiger partial charge in [-0.3, -0.25) is 4.72 Å². The Balaban J connectivity index is 2.39. The first-order chi connectivity index (χ1) is 9.29. The SMILES string of the molecule is Cc1nsc(NS(=O)(=O)c2ccc(O)c(C(=O)O)c2)n1. The molecule has 106 valence electrons. The molecule has 0 aliphatic heterocycles. The van der Waals surface area contributed by atoms with E-state index >= 15 is 0 Å². The van der Waals surface area contributed by atoms with Gasteiger partial charge in [-0.15, -0.1) is 0 Å². The molecule has 8 nitrogen and oxygen atoms in total. The van der Waals surface area contributed by atoms with Crippen LogP contribution in [0.3, 0.4) is 0 Å². The van der Waals surface area contributed by atoms with Gasteiger partial charge >= 0.3 is 5.97 Å². The van der Waals surface area contributed by atoms with Crippen molar-refractivity contribution in [1.29, 1.82) is 0 Å². The normalized spacial score (nSPS) is 11.2. The zero-order chi connectivity index (χ0) is 14.9. The first kappa shape index (κ1) is 14.2. The molecule has 1 heterocycles. The molecule has 0 aliphatic carbocycles. The van der Waals surface area contributed by atoms with Crippen LogP contribution in [0.1, 0.15) is 16.2 Å². The van der Waals surface area contributed by atoms with E-state index in [2.05, 4.69) is 14.1 Å². The Hall–Kier alpha value is -2.20. The van der Waals surface area contributed by atoms with Crippen molar-refractivity contribution in [3.05, 3.63) is 29.6 Å². The first-order valence-electron chi connectivity index (χ1n) is 5.19. The Labute approximate surface area is 117 Å². The number of aromatic nitrogens is 2. The minimum Gasteiger partial charge on any atom is -0.507 e. The predicted molar refractivity (Wildman–Crippen MR) is 70.5 cm³/mol. The van der Waals surface area contributed by atoms with E-state index < -0.39 is 27.3 Å². The number of rotatable bonds is 4. The maximum absolute atomic E-state index is 12.1. The monoisotopic (exact) mass is 315 g/mol. The molecule has 0 spiro atoms. The molecule has 1 aromatic carbocycles. The third-order valence-corrected chi connectivity index (χ3v) is 4.45. The standard InChI is InChI=1S/C10H9N3O5S2/c1-5-11-10(19-12-5)13-20(17,18)6-2-3-8(14)7(4-6)9(15)16/h2-4,14H,1H3,(H,15,16)(H,11,12,13). The number of benzene rings is 1. The highest BCUT2D eigenvalue weighted by Crippen LogP contribution is 2.23. The smallest absolute Gasteiger partial charge is 0.339 e. The third kappa shape index (κ3) is 2.86. The second-order valence-electron chi connectivity index (χ2n) is 3.74. The minimum absolute atomic E-state index is 0.0763. The highest BCUT2D eigenvalue weighted by molar-refractivity contribution is 7.93. The molecule has 20 heavy (non-hydrogen) atoms. The summed E-state index contributed by atoms with van der Waals surface area (Å²) in [6.07, 6.45) is 0. The fourth-order valence-electron chi connectivity index (χ4n) is 1.37. The fraction of sp³-hybridized carbons (Fsp3) is 0.100. The molecule has 2 aromatic rings. The van der Waals surface area contributed by atoms with Crippen molar-refractivity contribution in [3.8, 4) is 5.75 Å². The Bertz CT molecular complexity index is 769. The second-order valence-corrected chi connectivity index (χ2v) is 6.17. The average molecular weight is 315 g/mol. The van der Waals surface area contributed by atoms with Crippen LogP contribution in [-0.4, -0.2) is 34.0 Å². The minimum atomic E-state index is -3.99. The number of sulfonamides is 1. The van der Waals surface area contributed by atoms with Crippen LogP contribution in [0.4, 0.5) is 5.13 Å². The van der Waals surface area contributed by atoms with Gasteiger partial charge in [0.2, 0.25) is 5.13 Å². The molecule has 0 saturated carbocycles. The molecule has 0 amide bonds. The molecule has 0 aliphatic rings. The summed E-state index contributed by atoms with van der Waals surface area (Å²) in [5.74, 6) is -1.51. The van der Waals surface area contributed by atoms with E-state index in [-0.39, 0.29) is 10.0 Å². The van der Waals surface area contributed by atoms with E-state index in [9.17, 15) is 18.3 Å². The number of carboxylic acid groups (broad SMARTS) is 1. The Morgan fingerprint density at radius 3 is 2.65 bits per heavy atom. The number of aromatic carboxylic acids is 1. The van der Waals surface area contributed by atoms with Gasteiger partial charge < -0.3 is 10.2 Å². The zero-order valence-electron chi connectivity index (χ0n) is 10.1. The number of hydrogen-bond donors (Lipinski definition) is 3. The Morgan fingerprint density at radius 2 is 2.10 bits per heavy atom. The van der Waals surface area contributed by atoms with Crippen LogP contribution in [-0.2, 0) is 10.0 Å². The van der Waals surface area contributed by atoms with Crippen molar-refractivity contribution in [2.24, 2.45) is 0 Å². The first-order valence-corrected chi connectivity index (χ1v) is 7.45. The summed E-state index contributed by atoms with van der Waals surface area (Å²) in [7, 11) is -3.99. The number of phenols is 1. The van der Waals surface area contributed by atoms with E-state index in [1.807, 2.05) is 0 Å². The summed E-state index contributed by atoms with van der Waals surface area (Å²) in [5, 5.41) is 18.3. The topological polar surface area (TPSA) is 129 Å². The lowest BCUT2D eigenvalue weighted by Crippen LogP contribution is -2.13. The van der Waals surface area contributed by atoms with Crippen molar-refractivity contribution in [1.82, 2.24) is 9.36 Å². The number of nitrogens with one attached hydrogen (secondary N) is 1. The Kier molecular flexibility index (Phi) is 3.59. The third-order valence-electron chi connectivity index (χ3n) is 2.26. The summed E-state index contributed by atoms with van der Waals surface area (Å²) in [6.45, 7) is 1.61. The van der Waals surface area contributed by atoms with Gasteiger partial charge in [0, 0.05) is 11.5 Å². The van der Waals surface area contributed by atoms with Crippen LogP contribution in [0.25, 0.3) is 0 Å². The van der Waals surface area contributed by atoms with Gasteiger partial charge in [0.15, 0.2) is 0 Å². The molecule has 0 unspecified atom stereocenters. The highest BCUT2D eigenvalue weighted by Gasteiger charge is 2.20. The number of carbonyl (C=O) groups is 1. The van der Waals surface area contributed by atoms with Gasteiger partial charge in [-0.1, -0.05) is 0 Å². The molecule has 1 aromatic heterocycles. The predicted octanol–water partition coefficient (Wildman–Crippen LogP) is 1.05. The number of carboxylic acids is 1. The van der Waals surface area contributed by atoms with Crippen LogP contribution in [0, 0.1) is 6.92 Å². The lowest BCUT2D eigenvalue weighted by Gasteiger charge is -2.06. The van der Waals surface area contributed by atoms with Gasteiger partial charge in [0.1, 0.15) is 17.1 Å². The average Bonchev–Trinajstić information content (AvgIpc) is 2.73. The fourth-order valence-corrected chi connectivity index (χ4v) is 3.19. The number of anilines is 1. The summed E-state index contributed by atoms with van der Waals surface area (Å²) >= 11 is 0.868. The highest BCUT2D eigenvalue weighted by atomic mass is 32.2. The van der Waals surface area contributed by atoms with Gasteiger partial charge in [0.05, 0.1) is 4.90 Å². The van der Waals surface area contributed by atoms with Crippen molar-refractivity contribution in [2.75, 3.05) is 4.72 Å². The van der Waals surface area contributed by atoms with Crippen molar-refractivity contribution < 1.29 is 23.4 Å². The maximum Gasteiger partial charge on any atom is 0.339 e. The van der Waals surface area contributed by atoms with Gasteiger partial charge in [0.25, 0.3) is 10.0 Å². The van der Waals surface area contributed by atoms with E-state index in [4.69, 9.17) is 5.11 Å². The molecule has 0 radical (unpaired) electrons.